The molecule has 0 bridgehead atoms. The molecule has 0 radical (unpaired) electrons. The summed E-state index contributed by atoms with van der Waals surface area (Å²) in [6, 6.07) is 0. The lowest BCUT2D eigenvalue weighted by Crippen LogP contribution is -2.30. The molecule has 2 aliphatic rings. The van der Waals surface area contributed by atoms with E-state index in [1.54, 1.807) is 10.9 Å². The number of aromatic nitrogens is 1. The molecule has 1 aliphatic carbocycles. The molecule has 1 saturated carbocycles. The summed E-state index contributed by atoms with van der Waals surface area (Å²) in [6.45, 7) is 2.40. The van der Waals surface area contributed by atoms with Gasteiger partial charge in [0.1, 0.15) is 5.69 Å². The lowest BCUT2D eigenvalue weighted by molar-refractivity contribution is 0.0479. The number of carbonyl (C=O) groups is 1. The molecule has 2 fully saturated rings. The monoisotopic (exact) mass is 252 g/mol. The Kier molecular flexibility index (Phi) is 3.11. The third-order valence-electron chi connectivity index (χ3n) is 3.35. The molecule has 0 aromatic carbocycles. The van der Waals surface area contributed by atoms with E-state index in [2.05, 4.69) is 4.98 Å². The molecule has 1 aromatic rings. The van der Waals surface area contributed by atoms with Crippen molar-refractivity contribution >= 4 is 17.2 Å². The zero-order valence-corrected chi connectivity index (χ0v) is 10.5. The summed E-state index contributed by atoms with van der Waals surface area (Å²) < 4.78 is 5.81. The molecule has 1 saturated heterocycles. The number of nitrogens with zero attached hydrogens (tertiary/aromatic N) is 2. The number of carbonyl (C=O) groups excluding carboxylic acids is 1. The van der Waals surface area contributed by atoms with E-state index >= 15 is 0 Å². The summed E-state index contributed by atoms with van der Waals surface area (Å²) >= 11 is 1.46. The predicted octanol–water partition coefficient (Wildman–Crippen LogP) is 1.78. The lowest BCUT2D eigenvalue weighted by Gasteiger charge is -2.15. The van der Waals surface area contributed by atoms with Gasteiger partial charge in [0.25, 0.3) is 5.91 Å². The van der Waals surface area contributed by atoms with Crippen LogP contribution in [0.15, 0.2) is 10.9 Å². The molecule has 92 valence electrons. The van der Waals surface area contributed by atoms with Gasteiger partial charge in [-0.1, -0.05) is 0 Å². The molecular weight excluding hydrogens is 236 g/mol. The van der Waals surface area contributed by atoms with Crippen LogP contribution < -0.4 is 0 Å². The minimum atomic E-state index is 0.0452. The fraction of sp³-hybridized carbons (Fsp3) is 0.667. The summed E-state index contributed by atoms with van der Waals surface area (Å²) in [5, 5.41) is 1.81. The average molecular weight is 252 g/mol. The molecule has 1 aliphatic heterocycles. The molecule has 1 aromatic heterocycles. The van der Waals surface area contributed by atoms with Crippen LogP contribution >= 0.6 is 11.3 Å². The van der Waals surface area contributed by atoms with Crippen molar-refractivity contribution in [3.63, 3.8) is 0 Å². The Morgan fingerprint density at radius 3 is 3.12 bits per heavy atom. The molecule has 5 heteroatoms. The van der Waals surface area contributed by atoms with Gasteiger partial charge in [-0.05, 0) is 25.2 Å². The molecule has 3 rings (SSSR count). The van der Waals surface area contributed by atoms with Crippen molar-refractivity contribution in [3.05, 3.63) is 16.6 Å². The van der Waals surface area contributed by atoms with Crippen molar-refractivity contribution in [3.8, 4) is 0 Å². The molecule has 0 unspecified atom stereocenters. The molecule has 1 amide bonds. The second kappa shape index (κ2) is 4.74. The summed E-state index contributed by atoms with van der Waals surface area (Å²) in [4.78, 5) is 17.9. The maximum absolute atomic E-state index is 12.0. The fourth-order valence-corrected chi connectivity index (χ4v) is 2.61. The highest BCUT2D eigenvalue weighted by Gasteiger charge is 2.30. The SMILES string of the molecule is O=C(c1cscn1)N1CC[C@@H](OCC2CC2)C1. The number of thiazole rings is 1. The minimum absolute atomic E-state index is 0.0452. The first-order valence-corrected chi connectivity index (χ1v) is 7.06. The highest BCUT2D eigenvalue weighted by atomic mass is 32.1. The standard InChI is InChI=1S/C12H16N2O2S/c15-12(11-7-17-8-13-11)14-4-3-10(5-14)16-6-9-1-2-9/h7-10H,1-6H2/t10-/m1/s1. The van der Waals surface area contributed by atoms with E-state index in [1.165, 1.54) is 24.2 Å². The second-order valence-corrected chi connectivity index (χ2v) is 5.53. The van der Waals surface area contributed by atoms with Crippen molar-refractivity contribution in [1.29, 1.82) is 0 Å². The van der Waals surface area contributed by atoms with E-state index < -0.39 is 0 Å². The average Bonchev–Trinajstić information content (AvgIpc) is 2.86. The van der Waals surface area contributed by atoms with E-state index in [1.807, 2.05) is 4.90 Å². The van der Waals surface area contributed by atoms with Crippen molar-refractivity contribution in [2.24, 2.45) is 5.92 Å². The second-order valence-electron chi connectivity index (χ2n) is 4.81. The summed E-state index contributed by atoms with van der Waals surface area (Å²) in [5.41, 5.74) is 2.27. The van der Waals surface area contributed by atoms with E-state index in [0.717, 1.165) is 32.0 Å². The molecule has 1 atom stereocenters. The molecule has 2 heterocycles. The smallest absolute Gasteiger partial charge is 0.273 e. The highest BCUT2D eigenvalue weighted by Crippen LogP contribution is 2.30. The van der Waals surface area contributed by atoms with Crippen molar-refractivity contribution < 1.29 is 9.53 Å². The normalized spacial score (nSPS) is 24.2. The number of hydrogen-bond donors (Lipinski definition) is 0. The van der Waals surface area contributed by atoms with Gasteiger partial charge in [-0.2, -0.15) is 0 Å². The molecule has 17 heavy (non-hydrogen) atoms. The van der Waals surface area contributed by atoms with Crippen LogP contribution in [-0.2, 0) is 4.74 Å². The van der Waals surface area contributed by atoms with Gasteiger partial charge in [-0.3, -0.25) is 4.79 Å². The third-order valence-corrected chi connectivity index (χ3v) is 3.93. The van der Waals surface area contributed by atoms with Crippen LogP contribution in [-0.4, -0.2) is 41.6 Å². The van der Waals surface area contributed by atoms with E-state index in [4.69, 9.17) is 4.74 Å². The topological polar surface area (TPSA) is 42.4 Å². The van der Waals surface area contributed by atoms with Gasteiger partial charge in [0.05, 0.1) is 11.6 Å². The third kappa shape index (κ3) is 2.66. The minimum Gasteiger partial charge on any atom is -0.376 e. The number of likely N-dealkylation sites (tertiary alicyclic amines) is 1. The number of hydrogen-bond acceptors (Lipinski definition) is 4. The molecule has 4 nitrogen and oxygen atoms in total. The molecular formula is C12H16N2O2S. The zero-order valence-electron chi connectivity index (χ0n) is 9.67. The van der Waals surface area contributed by atoms with Crippen molar-refractivity contribution in [1.82, 2.24) is 9.88 Å². The van der Waals surface area contributed by atoms with Crippen LogP contribution in [0.25, 0.3) is 0 Å². The van der Waals surface area contributed by atoms with Gasteiger partial charge >= 0.3 is 0 Å². The van der Waals surface area contributed by atoms with E-state index in [0.29, 0.717) is 5.69 Å². The first kappa shape index (κ1) is 11.2. The van der Waals surface area contributed by atoms with Crippen LogP contribution in [0.3, 0.4) is 0 Å². The van der Waals surface area contributed by atoms with Gasteiger partial charge < -0.3 is 9.64 Å². The summed E-state index contributed by atoms with van der Waals surface area (Å²) in [7, 11) is 0. The predicted molar refractivity (Wildman–Crippen MR) is 65.1 cm³/mol. The maximum Gasteiger partial charge on any atom is 0.273 e. The van der Waals surface area contributed by atoms with Crippen LogP contribution in [0.2, 0.25) is 0 Å². The Hall–Kier alpha value is -0.940. The summed E-state index contributed by atoms with van der Waals surface area (Å²) in [5.74, 6) is 0.835. The van der Waals surface area contributed by atoms with Crippen LogP contribution in [0.1, 0.15) is 29.8 Å². The zero-order chi connectivity index (χ0) is 11.7. The number of amides is 1. The van der Waals surface area contributed by atoms with Gasteiger partial charge in [-0.15, -0.1) is 11.3 Å². The van der Waals surface area contributed by atoms with Crippen molar-refractivity contribution in [2.45, 2.75) is 25.4 Å². The van der Waals surface area contributed by atoms with Crippen LogP contribution in [0.4, 0.5) is 0 Å². The molecule has 0 spiro atoms. The first-order chi connectivity index (χ1) is 8.33. The fourth-order valence-electron chi connectivity index (χ4n) is 2.09. The van der Waals surface area contributed by atoms with Crippen LogP contribution in [0.5, 0.6) is 0 Å². The largest absolute Gasteiger partial charge is 0.376 e. The van der Waals surface area contributed by atoms with Gasteiger partial charge in [0.2, 0.25) is 0 Å². The van der Waals surface area contributed by atoms with Crippen LogP contribution in [0, 0.1) is 5.92 Å². The summed E-state index contributed by atoms with van der Waals surface area (Å²) in [6.07, 6.45) is 3.82. The van der Waals surface area contributed by atoms with E-state index in [9.17, 15) is 4.79 Å². The quantitative estimate of drug-likeness (QED) is 0.820. The van der Waals surface area contributed by atoms with E-state index in [-0.39, 0.29) is 12.0 Å². The highest BCUT2D eigenvalue weighted by molar-refractivity contribution is 7.07. The van der Waals surface area contributed by atoms with Gasteiger partial charge in [-0.25, -0.2) is 4.98 Å². The Bertz CT molecular complexity index is 389. The van der Waals surface area contributed by atoms with Gasteiger partial charge in [0, 0.05) is 25.1 Å². The lowest BCUT2D eigenvalue weighted by atomic mass is 10.3. The Morgan fingerprint density at radius 2 is 2.41 bits per heavy atom. The Balaban J connectivity index is 1.50. The number of ether oxygens (including phenoxy) is 1. The Labute approximate surface area is 105 Å². The van der Waals surface area contributed by atoms with Crippen molar-refractivity contribution in [2.75, 3.05) is 19.7 Å². The van der Waals surface area contributed by atoms with Gasteiger partial charge in [0.15, 0.2) is 0 Å². The Morgan fingerprint density at radius 1 is 1.53 bits per heavy atom. The maximum atomic E-state index is 12.0. The number of rotatable bonds is 4. The first-order valence-electron chi connectivity index (χ1n) is 6.12. The molecule has 0 N–H and O–H groups in total.